The summed E-state index contributed by atoms with van der Waals surface area (Å²) in [6.45, 7) is 3.92. The van der Waals surface area contributed by atoms with Crippen LogP contribution in [-0.2, 0) is 11.3 Å². The Balaban J connectivity index is 1.79. The normalized spacial score (nSPS) is 11.9. The zero-order valence-electron chi connectivity index (χ0n) is 16.6. The van der Waals surface area contributed by atoms with Crippen LogP contribution in [0.5, 0.6) is 0 Å². The molecule has 5 N–H and O–H groups in total. The van der Waals surface area contributed by atoms with Gasteiger partial charge in [0.2, 0.25) is 5.91 Å². The molecule has 0 unspecified atom stereocenters. The fraction of sp³-hybridized carbons (Fsp3) is 0.238. The molecule has 1 atom stereocenters. The summed E-state index contributed by atoms with van der Waals surface area (Å²) in [6, 6.07) is 13.8. The number of urea groups is 1. The second-order valence-electron chi connectivity index (χ2n) is 7.09. The van der Waals surface area contributed by atoms with E-state index in [4.69, 9.17) is 5.73 Å². The van der Waals surface area contributed by atoms with E-state index < -0.39 is 11.9 Å². The third-order valence-electron chi connectivity index (χ3n) is 4.40. The number of aromatic nitrogens is 2. The second-order valence-corrected chi connectivity index (χ2v) is 8.01. The van der Waals surface area contributed by atoms with E-state index in [1.807, 2.05) is 50.2 Å². The number of amides is 3. The van der Waals surface area contributed by atoms with Gasteiger partial charge >= 0.3 is 6.03 Å². The molecule has 0 aliphatic heterocycles. The molecule has 0 spiro atoms. The first kappa shape index (κ1) is 21.5. The average Bonchev–Trinajstić information content (AvgIpc) is 2.69. The molecule has 8 nitrogen and oxygen atoms in total. The van der Waals surface area contributed by atoms with Crippen molar-refractivity contribution < 1.29 is 9.59 Å². The maximum atomic E-state index is 12.2. The first-order chi connectivity index (χ1) is 14.3. The lowest BCUT2D eigenvalue weighted by molar-refractivity contribution is -0.119. The van der Waals surface area contributed by atoms with E-state index in [0.717, 1.165) is 9.86 Å². The zero-order valence-corrected chi connectivity index (χ0v) is 18.2. The highest BCUT2D eigenvalue weighted by Crippen LogP contribution is 2.22. The maximum Gasteiger partial charge on any atom is 0.319 e. The quantitative estimate of drug-likeness (QED) is 0.419. The van der Waals surface area contributed by atoms with Crippen molar-refractivity contribution in [2.75, 3.05) is 10.6 Å². The van der Waals surface area contributed by atoms with E-state index in [9.17, 15) is 9.59 Å². The Morgan fingerprint density at radius 1 is 1.10 bits per heavy atom. The molecule has 156 valence electrons. The Kier molecular flexibility index (Phi) is 6.83. The third kappa shape index (κ3) is 5.44. The molecule has 2 aromatic carbocycles. The number of benzene rings is 2. The van der Waals surface area contributed by atoms with Gasteiger partial charge in [0.25, 0.3) is 0 Å². The molecule has 0 saturated carbocycles. The summed E-state index contributed by atoms with van der Waals surface area (Å²) >= 11 is 3.37. The van der Waals surface area contributed by atoms with Gasteiger partial charge in [0.05, 0.1) is 12.1 Å². The first-order valence-electron chi connectivity index (χ1n) is 9.45. The molecule has 0 aliphatic carbocycles. The van der Waals surface area contributed by atoms with Gasteiger partial charge in [-0.3, -0.25) is 4.79 Å². The SMILES string of the molecule is CC(C)[C@H](Nc1nc(CNC(=O)Nc2cccc(Br)c2)nc2ccccc12)C(N)=O. The number of carbonyl (C=O) groups excluding carboxylic acids is 2. The molecule has 3 aromatic rings. The van der Waals surface area contributed by atoms with Crippen molar-refractivity contribution in [1.82, 2.24) is 15.3 Å². The van der Waals surface area contributed by atoms with Crippen LogP contribution >= 0.6 is 15.9 Å². The Morgan fingerprint density at radius 3 is 2.57 bits per heavy atom. The molecule has 0 saturated heterocycles. The van der Waals surface area contributed by atoms with Gasteiger partial charge in [-0.05, 0) is 36.2 Å². The van der Waals surface area contributed by atoms with Crippen LogP contribution in [0.1, 0.15) is 19.7 Å². The molecule has 1 aromatic heterocycles. The topological polar surface area (TPSA) is 122 Å². The van der Waals surface area contributed by atoms with Crippen molar-refractivity contribution in [3.05, 3.63) is 58.8 Å². The Labute approximate surface area is 182 Å². The van der Waals surface area contributed by atoms with Gasteiger partial charge in [-0.2, -0.15) is 0 Å². The predicted molar refractivity (Wildman–Crippen MR) is 121 cm³/mol. The highest BCUT2D eigenvalue weighted by atomic mass is 79.9. The highest BCUT2D eigenvalue weighted by Gasteiger charge is 2.21. The van der Waals surface area contributed by atoms with Crippen LogP contribution in [0.2, 0.25) is 0 Å². The van der Waals surface area contributed by atoms with Crippen LogP contribution in [-0.4, -0.2) is 27.9 Å². The van der Waals surface area contributed by atoms with Gasteiger partial charge in [-0.15, -0.1) is 0 Å². The fourth-order valence-electron chi connectivity index (χ4n) is 2.93. The van der Waals surface area contributed by atoms with Gasteiger partial charge in [-0.25, -0.2) is 14.8 Å². The van der Waals surface area contributed by atoms with E-state index in [1.165, 1.54) is 0 Å². The largest absolute Gasteiger partial charge is 0.368 e. The number of rotatable bonds is 7. The van der Waals surface area contributed by atoms with Crippen molar-refractivity contribution in [1.29, 1.82) is 0 Å². The number of hydrogen-bond donors (Lipinski definition) is 4. The Bertz CT molecular complexity index is 1070. The molecule has 1 heterocycles. The summed E-state index contributed by atoms with van der Waals surface area (Å²) in [5, 5.41) is 9.41. The van der Waals surface area contributed by atoms with E-state index in [1.54, 1.807) is 12.1 Å². The summed E-state index contributed by atoms with van der Waals surface area (Å²) < 4.78 is 0.864. The van der Waals surface area contributed by atoms with Gasteiger partial charge in [0.15, 0.2) is 5.82 Å². The standard InChI is InChI=1S/C21H23BrN6O2/c1-12(2)18(19(23)29)28-20-15-8-3-4-9-16(15)26-17(27-20)11-24-21(30)25-14-7-5-6-13(22)10-14/h3-10,12,18H,11H2,1-2H3,(H2,23,29)(H2,24,25,30)(H,26,27,28)/t18-/m0/s1. The molecule has 0 fully saturated rings. The molecule has 0 radical (unpaired) electrons. The first-order valence-corrected chi connectivity index (χ1v) is 10.2. The number of nitrogens with one attached hydrogen (secondary N) is 3. The summed E-state index contributed by atoms with van der Waals surface area (Å²) in [5.41, 5.74) is 6.89. The number of hydrogen-bond acceptors (Lipinski definition) is 5. The van der Waals surface area contributed by atoms with Crippen molar-refractivity contribution in [3.8, 4) is 0 Å². The zero-order chi connectivity index (χ0) is 21.7. The number of anilines is 2. The fourth-order valence-corrected chi connectivity index (χ4v) is 3.33. The van der Waals surface area contributed by atoms with Gasteiger partial charge in [-0.1, -0.05) is 48.0 Å². The van der Waals surface area contributed by atoms with Crippen molar-refractivity contribution in [2.45, 2.75) is 26.4 Å². The van der Waals surface area contributed by atoms with Crippen LogP contribution in [0.15, 0.2) is 53.0 Å². The van der Waals surface area contributed by atoms with E-state index in [0.29, 0.717) is 22.8 Å². The van der Waals surface area contributed by atoms with E-state index in [2.05, 4.69) is 41.8 Å². The molecular weight excluding hydrogens is 448 g/mol. The highest BCUT2D eigenvalue weighted by molar-refractivity contribution is 9.10. The number of carbonyl (C=O) groups is 2. The van der Waals surface area contributed by atoms with Crippen LogP contribution in [0.4, 0.5) is 16.3 Å². The lowest BCUT2D eigenvalue weighted by atomic mass is 10.0. The Hall–Kier alpha value is -3.20. The molecule has 3 rings (SSSR count). The number of halogens is 1. The lowest BCUT2D eigenvalue weighted by Crippen LogP contribution is -2.40. The van der Waals surface area contributed by atoms with Crippen molar-refractivity contribution >= 4 is 50.3 Å². The minimum absolute atomic E-state index is 0.0197. The van der Waals surface area contributed by atoms with Crippen molar-refractivity contribution in [2.24, 2.45) is 11.7 Å². The minimum Gasteiger partial charge on any atom is -0.368 e. The van der Waals surface area contributed by atoms with E-state index >= 15 is 0 Å². The van der Waals surface area contributed by atoms with Crippen LogP contribution in [0.3, 0.4) is 0 Å². The number of nitrogens with two attached hydrogens (primary N) is 1. The minimum atomic E-state index is -0.580. The Morgan fingerprint density at radius 2 is 1.87 bits per heavy atom. The summed E-state index contributed by atoms with van der Waals surface area (Å²) in [7, 11) is 0. The average molecular weight is 471 g/mol. The van der Waals surface area contributed by atoms with E-state index in [-0.39, 0.29) is 18.5 Å². The monoisotopic (exact) mass is 470 g/mol. The number of fused-ring (bicyclic) bond motifs is 1. The van der Waals surface area contributed by atoms with Gasteiger partial charge in [0.1, 0.15) is 11.9 Å². The molecule has 3 amide bonds. The molecular formula is C21H23BrN6O2. The van der Waals surface area contributed by atoms with Gasteiger partial charge < -0.3 is 21.7 Å². The maximum absolute atomic E-state index is 12.2. The smallest absolute Gasteiger partial charge is 0.319 e. The number of primary amides is 1. The number of para-hydroxylation sites is 1. The van der Waals surface area contributed by atoms with Crippen LogP contribution in [0, 0.1) is 5.92 Å². The summed E-state index contributed by atoms with van der Waals surface area (Å²) in [4.78, 5) is 33.1. The lowest BCUT2D eigenvalue weighted by Gasteiger charge is -2.21. The number of nitrogens with zero attached hydrogens (tertiary/aromatic N) is 2. The molecule has 30 heavy (non-hydrogen) atoms. The molecule has 9 heteroatoms. The van der Waals surface area contributed by atoms with Gasteiger partial charge in [0, 0.05) is 15.5 Å². The van der Waals surface area contributed by atoms with Crippen LogP contribution in [0.25, 0.3) is 10.9 Å². The molecule has 0 aliphatic rings. The summed E-state index contributed by atoms with van der Waals surface area (Å²) in [5.74, 6) is 0.435. The predicted octanol–water partition coefficient (Wildman–Crippen LogP) is 3.64. The summed E-state index contributed by atoms with van der Waals surface area (Å²) in [6.07, 6.45) is 0. The second kappa shape index (κ2) is 9.53. The van der Waals surface area contributed by atoms with Crippen molar-refractivity contribution in [3.63, 3.8) is 0 Å². The van der Waals surface area contributed by atoms with Crippen LogP contribution < -0.4 is 21.7 Å². The molecule has 0 bridgehead atoms. The third-order valence-corrected chi connectivity index (χ3v) is 4.90.